The van der Waals surface area contributed by atoms with Crippen molar-refractivity contribution >= 4 is 5.91 Å². The summed E-state index contributed by atoms with van der Waals surface area (Å²) in [7, 11) is 0. The van der Waals surface area contributed by atoms with Gasteiger partial charge in [0, 0.05) is 6.54 Å². The van der Waals surface area contributed by atoms with Gasteiger partial charge in [-0.3, -0.25) is 4.79 Å². The molecule has 2 N–H and O–H groups in total. The van der Waals surface area contributed by atoms with Crippen LogP contribution in [0.5, 0.6) is 0 Å². The Hall–Kier alpha value is -1.36. The maximum Gasteiger partial charge on any atom is 0.241 e. The van der Waals surface area contributed by atoms with Crippen molar-refractivity contribution in [2.45, 2.75) is 19.5 Å². The number of amides is 1. The predicted octanol–water partition coefficient (Wildman–Crippen LogP) is -0.347. The van der Waals surface area contributed by atoms with Crippen LogP contribution in [0.2, 0.25) is 0 Å². The summed E-state index contributed by atoms with van der Waals surface area (Å²) < 4.78 is 5.02. The second-order valence-electron chi connectivity index (χ2n) is 3.18. The molecule has 1 aliphatic heterocycles. The van der Waals surface area contributed by atoms with Crippen LogP contribution >= 0.6 is 0 Å². The van der Waals surface area contributed by atoms with Gasteiger partial charge in [-0.25, -0.2) is 4.98 Å². The largest absolute Gasteiger partial charge is 0.448 e. The molecule has 1 amide bonds. The summed E-state index contributed by atoms with van der Waals surface area (Å²) in [5.41, 5.74) is 6.25. The van der Waals surface area contributed by atoms with Gasteiger partial charge in [0.25, 0.3) is 0 Å². The number of carbonyl (C=O) groups is 1. The molecular weight excluding hydrogens is 170 g/mol. The lowest BCUT2D eigenvalue weighted by Gasteiger charge is -2.35. The van der Waals surface area contributed by atoms with Gasteiger partial charge in [0.05, 0.1) is 6.54 Å². The summed E-state index contributed by atoms with van der Waals surface area (Å²) in [6.07, 6.45) is 1.38. The van der Waals surface area contributed by atoms with Crippen molar-refractivity contribution in [1.82, 2.24) is 9.88 Å². The third kappa shape index (κ3) is 1.31. The summed E-state index contributed by atoms with van der Waals surface area (Å²) in [5.74, 6) is 0.746. The number of likely N-dealkylation sites (tertiary alicyclic amines) is 1. The van der Waals surface area contributed by atoms with Crippen LogP contribution in [-0.4, -0.2) is 28.4 Å². The first-order valence-corrected chi connectivity index (χ1v) is 4.12. The topological polar surface area (TPSA) is 72.4 Å². The summed E-state index contributed by atoms with van der Waals surface area (Å²) >= 11 is 0. The molecule has 0 aliphatic carbocycles. The minimum absolute atomic E-state index is 0.0117. The van der Waals surface area contributed by atoms with Crippen molar-refractivity contribution in [2.75, 3.05) is 6.54 Å². The number of hydrogen-bond acceptors (Lipinski definition) is 4. The SMILES string of the molecule is Cc1ocnc1CN1CC(N)C1=O. The molecule has 2 rings (SSSR count). The third-order valence-corrected chi connectivity index (χ3v) is 2.23. The number of aromatic nitrogens is 1. The summed E-state index contributed by atoms with van der Waals surface area (Å²) in [4.78, 5) is 16.8. The van der Waals surface area contributed by atoms with Gasteiger partial charge in [-0.15, -0.1) is 0 Å². The number of hydrogen-bond donors (Lipinski definition) is 1. The molecule has 1 saturated heterocycles. The zero-order valence-corrected chi connectivity index (χ0v) is 7.36. The first-order chi connectivity index (χ1) is 6.18. The van der Waals surface area contributed by atoms with Crippen LogP contribution in [-0.2, 0) is 11.3 Å². The molecule has 0 aromatic carbocycles. The molecule has 0 saturated carbocycles. The number of oxazole rings is 1. The van der Waals surface area contributed by atoms with E-state index in [0.717, 1.165) is 11.5 Å². The summed E-state index contributed by atoms with van der Waals surface area (Å²) in [6.45, 7) is 2.95. The number of nitrogens with zero attached hydrogens (tertiary/aromatic N) is 2. The van der Waals surface area contributed by atoms with E-state index in [9.17, 15) is 4.79 Å². The maximum atomic E-state index is 11.1. The number of rotatable bonds is 2. The third-order valence-electron chi connectivity index (χ3n) is 2.23. The molecule has 0 bridgehead atoms. The fourth-order valence-corrected chi connectivity index (χ4v) is 1.33. The molecule has 5 nitrogen and oxygen atoms in total. The van der Waals surface area contributed by atoms with Gasteiger partial charge in [0.1, 0.15) is 17.5 Å². The molecule has 1 aromatic heterocycles. The van der Waals surface area contributed by atoms with Crippen molar-refractivity contribution < 1.29 is 9.21 Å². The van der Waals surface area contributed by atoms with E-state index < -0.39 is 0 Å². The zero-order valence-electron chi connectivity index (χ0n) is 7.36. The van der Waals surface area contributed by atoms with Gasteiger partial charge in [-0.2, -0.15) is 0 Å². The number of nitrogens with two attached hydrogens (primary N) is 1. The smallest absolute Gasteiger partial charge is 0.241 e. The van der Waals surface area contributed by atoms with Gasteiger partial charge in [0.15, 0.2) is 6.39 Å². The van der Waals surface area contributed by atoms with E-state index in [0.29, 0.717) is 13.1 Å². The maximum absolute atomic E-state index is 11.1. The Kier molecular flexibility index (Phi) is 1.81. The molecule has 5 heteroatoms. The molecule has 0 spiro atoms. The van der Waals surface area contributed by atoms with Crippen molar-refractivity contribution in [3.05, 3.63) is 17.8 Å². The molecule has 0 radical (unpaired) electrons. The van der Waals surface area contributed by atoms with Crippen LogP contribution in [0, 0.1) is 6.92 Å². The molecule has 2 heterocycles. The van der Waals surface area contributed by atoms with Crippen LogP contribution < -0.4 is 5.73 Å². The fourth-order valence-electron chi connectivity index (χ4n) is 1.33. The van der Waals surface area contributed by atoms with Crippen LogP contribution in [0.1, 0.15) is 11.5 Å². The Labute approximate surface area is 75.5 Å². The van der Waals surface area contributed by atoms with E-state index >= 15 is 0 Å². The fraction of sp³-hybridized carbons (Fsp3) is 0.500. The van der Waals surface area contributed by atoms with E-state index in [2.05, 4.69) is 4.98 Å². The quantitative estimate of drug-likeness (QED) is 0.633. The number of β-lactam (4-membered cyclic amide) rings is 1. The molecule has 1 unspecified atom stereocenters. The van der Waals surface area contributed by atoms with Crippen molar-refractivity contribution in [1.29, 1.82) is 0 Å². The molecule has 1 atom stereocenters. The lowest BCUT2D eigenvalue weighted by Crippen LogP contribution is -2.60. The van der Waals surface area contributed by atoms with Crippen LogP contribution in [0.3, 0.4) is 0 Å². The van der Waals surface area contributed by atoms with Crippen LogP contribution in [0.4, 0.5) is 0 Å². The highest BCUT2D eigenvalue weighted by Crippen LogP contribution is 2.14. The highest BCUT2D eigenvalue weighted by molar-refractivity contribution is 5.87. The molecule has 1 aromatic rings. The number of carbonyl (C=O) groups excluding carboxylic acids is 1. The minimum Gasteiger partial charge on any atom is -0.448 e. The second kappa shape index (κ2) is 2.85. The van der Waals surface area contributed by atoms with E-state index in [4.69, 9.17) is 10.2 Å². The normalized spacial score (nSPS) is 21.8. The van der Waals surface area contributed by atoms with Gasteiger partial charge < -0.3 is 15.1 Å². The minimum atomic E-state index is -0.313. The second-order valence-corrected chi connectivity index (χ2v) is 3.18. The van der Waals surface area contributed by atoms with Crippen LogP contribution in [0.25, 0.3) is 0 Å². The average Bonchev–Trinajstić information content (AvgIpc) is 2.51. The number of aryl methyl sites for hydroxylation is 1. The lowest BCUT2D eigenvalue weighted by molar-refractivity contribution is -0.143. The zero-order chi connectivity index (χ0) is 9.42. The summed E-state index contributed by atoms with van der Waals surface area (Å²) in [6, 6.07) is -0.313. The van der Waals surface area contributed by atoms with Crippen LogP contribution in [0.15, 0.2) is 10.8 Å². The first kappa shape index (κ1) is 8.25. The lowest BCUT2D eigenvalue weighted by atomic mass is 10.1. The van der Waals surface area contributed by atoms with Gasteiger partial charge >= 0.3 is 0 Å². The Bertz CT molecular complexity index is 334. The Morgan fingerprint density at radius 3 is 3.08 bits per heavy atom. The van der Waals surface area contributed by atoms with Gasteiger partial charge in [-0.05, 0) is 6.92 Å². The van der Waals surface area contributed by atoms with Crippen molar-refractivity contribution in [2.24, 2.45) is 5.73 Å². The van der Waals surface area contributed by atoms with E-state index in [-0.39, 0.29) is 11.9 Å². The monoisotopic (exact) mass is 181 g/mol. The standard InChI is InChI=1S/C8H11N3O2/c1-5-7(10-4-13-5)3-11-2-6(9)8(11)12/h4,6H,2-3,9H2,1H3. The molecule has 70 valence electrons. The Morgan fingerprint density at radius 1 is 1.85 bits per heavy atom. The first-order valence-electron chi connectivity index (χ1n) is 4.12. The molecule has 1 aliphatic rings. The highest BCUT2D eigenvalue weighted by atomic mass is 16.3. The molecule has 13 heavy (non-hydrogen) atoms. The van der Waals surface area contributed by atoms with Crippen molar-refractivity contribution in [3.8, 4) is 0 Å². The molecular formula is C8H11N3O2. The van der Waals surface area contributed by atoms with Gasteiger partial charge in [0.2, 0.25) is 5.91 Å². The highest BCUT2D eigenvalue weighted by Gasteiger charge is 2.33. The summed E-state index contributed by atoms with van der Waals surface area (Å²) in [5, 5.41) is 0. The predicted molar refractivity (Wildman–Crippen MR) is 44.6 cm³/mol. The Morgan fingerprint density at radius 2 is 2.62 bits per heavy atom. The molecule has 1 fully saturated rings. The van der Waals surface area contributed by atoms with Crippen molar-refractivity contribution in [3.63, 3.8) is 0 Å². The average molecular weight is 181 g/mol. The van der Waals surface area contributed by atoms with E-state index in [1.54, 1.807) is 4.90 Å². The van der Waals surface area contributed by atoms with E-state index in [1.807, 2.05) is 6.92 Å². The van der Waals surface area contributed by atoms with Gasteiger partial charge in [-0.1, -0.05) is 0 Å². The Balaban J connectivity index is 2.00. The van der Waals surface area contributed by atoms with E-state index in [1.165, 1.54) is 6.39 Å².